The molecule has 0 saturated heterocycles. The summed E-state index contributed by atoms with van der Waals surface area (Å²) in [5.74, 6) is -0.144. The van der Waals surface area contributed by atoms with Crippen molar-refractivity contribution < 1.29 is 35.8 Å². The molecule has 0 fully saturated rings. The Labute approximate surface area is 66.8 Å². The van der Waals surface area contributed by atoms with Gasteiger partial charge in [0.25, 0.3) is 0 Å². The largest absolute Gasteiger partial charge is 1.00 e. The number of carbonyl (C=O) groups is 1. The van der Waals surface area contributed by atoms with E-state index in [2.05, 4.69) is 11.9 Å². The first-order valence-corrected chi connectivity index (χ1v) is 1.65. The Morgan fingerprint density at radius 3 is 2.43 bits per heavy atom. The molecule has 1 N–H and O–H groups in total. The molecule has 0 saturated carbocycles. The summed E-state index contributed by atoms with van der Waals surface area (Å²) in [4.78, 5) is 9.95. The van der Waals surface area contributed by atoms with Crippen LogP contribution in [0.4, 0.5) is 0 Å². The van der Waals surface area contributed by atoms with Crippen LogP contribution in [0.2, 0.25) is 0 Å². The summed E-state index contributed by atoms with van der Waals surface area (Å²) in [5.41, 5.74) is 0. The van der Waals surface area contributed by atoms with Gasteiger partial charge in [-0.15, -0.1) is 0 Å². The van der Waals surface area contributed by atoms with Crippen LogP contribution in [0.15, 0.2) is 12.7 Å². The Bertz CT molecular complexity index is 76.4. The van der Waals surface area contributed by atoms with Crippen LogP contribution in [0.3, 0.4) is 0 Å². The summed E-state index contributed by atoms with van der Waals surface area (Å²) >= 11 is 0. The summed E-state index contributed by atoms with van der Waals surface area (Å²) < 4.78 is 0. The van der Waals surface area contributed by atoms with Crippen LogP contribution in [0.1, 0.15) is 1.43 Å². The fourth-order valence-electron chi connectivity index (χ4n) is 0.102. The Morgan fingerprint density at radius 1 is 2.00 bits per heavy atom. The van der Waals surface area contributed by atoms with E-state index in [4.69, 9.17) is 0 Å². The Hall–Kier alpha value is 0.210. The van der Waals surface area contributed by atoms with E-state index in [1.54, 1.807) is 7.05 Å². The van der Waals surface area contributed by atoms with Gasteiger partial charge < -0.3 is 6.74 Å². The third-order valence-corrected chi connectivity index (χ3v) is 0.432. The van der Waals surface area contributed by atoms with Gasteiger partial charge in [-0.25, -0.2) is 0 Å². The van der Waals surface area contributed by atoms with Crippen molar-refractivity contribution >= 4 is 5.91 Å². The monoisotopic (exact) mass is 109 g/mol. The third kappa shape index (κ3) is 6.21. The Morgan fingerprint density at radius 2 is 2.43 bits per heavy atom. The predicted octanol–water partition coefficient (Wildman–Crippen LogP) is -2.97. The molecular formula is C4H8NNaO. The predicted molar refractivity (Wildman–Crippen MR) is 25.4 cm³/mol. The zero-order chi connectivity index (χ0) is 4.99. The van der Waals surface area contributed by atoms with Crippen LogP contribution >= 0.6 is 0 Å². The topological polar surface area (TPSA) is 29.1 Å². The van der Waals surface area contributed by atoms with Crippen LogP contribution < -0.4 is 34.9 Å². The molecule has 0 rings (SSSR count). The molecule has 0 aromatic heterocycles. The zero-order valence-electron chi connectivity index (χ0n) is 5.69. The van der Waals surface area contributed by atoms with Crippen LogP contribution in [-0.2, 0) is 4.79 Å². The fourth-order valence-corrected chi connectivity index (χ4v) is 0.102. The van der Waals surface area contributed by atoms with Crippen molar-refractivity contribution in [2.45, 2.75) is 0 Å². The number of likely N-dealkylation sites (N-methyl/N-ethyl adjacent to an activating group) is 1. The first-order chi connectivity index (χ1) is 2.81. The maximum absolute atomic E-state index is 9.95. The molecule has 0 heterocycles. The molecular weight excluding hydrogens is 101 g/mol. The van der Waals surface area contributed by atoms with Crippen molar-refractivity contribution in [1.29, 1.82) is 0 Å². The number of nitrogens with one attached hydrogen (secondary N) is 1. The molecule has 0 aromatic rings. The first-order valence-electron chi connectivity index (χ1n) is 1.65. The fraction of sp³-hybridized carbons (Fsp3) is 0.250. The van der Waals surface area contributed by atoms with E-state index in [-0.39, 0.29) is 36.9 Å². The Kier molecular flexibility index (Phi) is 9.09. The molecule has 7 heavy (non-hydrogen) atoms. The van der Waals surface area contributed by atoms with E-state index in [1.807, 2.05) is 0 Å². The molecule has 0 aliphatic carbocycles. The molecule has 3 heteroatoms. The van der Waals surface area contributed by atoms with E-state index >= 15 is 0 Å². The molecule has 0 radical (unpaired) electrons. The van der Waals surface area contributed by atoms with Crippen molar-refractivity contribution in [2.24, 2.45) is 0 Å². The van der Waals surface area contributed by atoms with E-state index in [9.17, 15) is 4.79 Å². The van der Waals surface area contributed by atoms with E-state index in [0.29, 0.717) is 0 Å². The minimum absolute atomic E-state index is 0. The van der Waals surface area contributed by atoms with Gasteiger partial charge >= 0.3 is 29.6 Å². The number of rotatable bonds is 1. The zero-order valence-corrected chi connectivity index (χ0v) is 6.69. The number of carbonyl (C=O) groups excluding carboxylic acids is 1. The number of hydrogen-bond donors (Lipinski definition) is 1. The molecule has 0 atom stereocenters. The van der Waals surface area contributed by atoms with E-state index < -0.39 is 0 Å². The SMILES string of the molecule is C=CC(=O)NC.[H-].[Na+]. The van der Waals surface area contributed by atoms with Gasteiger partial charge in [-0.1, -0.05) is 6.58 Å². The van der Waals surface area contributed by atoms with E-state index in [1.165, 1.54) is 6.08 Å². The van der Waals surface area contributed by atoms with Crippen LogP contribution in [-0.4, -0.2) is 13.0 Å². The minimum Gasteiger partial charge on any atom is -1.00 e. The molecule has 0 unspecified atom stereocenters. The van der Waals surface area contributed by atoms with Gasteiger partial charge in [-0.05, 0) is 6.08 Å². The quantitative estimate of drug-likeness (QED) is 0.283. The van der Waals surface area contributed by atoms with Crippen molar-refractivity contribution in [3.63, 3.8) is 0 Å². The molecule has 36 valence electrons. The smallest absolute Gasteiger partial charge is 1.00 e. The van der Waals surface area contributed by atoms with Gasteiger partial charge in [0.05, 0.1) is 0 Å². The van der Waals surface area contributed by atoms with Crippen LogP contribution in [0.5, 0.6) is 0 Å². The van der Waals surface area contributed by atoms with Gasteiger partial charge in [-0.3, -0.25) is 4.79 Å². The normalized spacial score (nSPS) is 5.86. The molecule has 2 nitrogen and oxygen atoms in total. The van der Waals surface area contributed by atoms with Gasteiger partial charge in [0.2, 0.25) is 5.91 Å². The second-order valence-corrected chi connectivity index (χ2v) is 0.818. The Balaban J connectivity index is -0.000000125. The van der Waals surface area contributed by atoms with Crippen molar-refractivity contribution in [2.75, 3.05) is 7.05 Å². The molecule has 0 aliphatic heterocycles. The second kappa shape index (κ2) is 6.21. The molecule has 0 aromatic carbocycles. The maximum atomic E-state index is 9.95. The number of amides is 1. The van der Waals surface area contributed by atoms with Crippen molar-refractivity contribution in [1.82, 2.24) is 5.32 Å². The summed E-state index contributed by atoms with van der Waals surface area (Å²) in [6.07, 6.45) is 1.22. The summed E-state index contributed by atoms with van der Waals surface area (Å²) in [6, 6.07) is 0. The maximum Gasteiger partial charge on any atom is 1.00 e. The average molecular weight is 109 g/mol. The van der Waals surface area contributed by atoms with Crippen LogP contribution in [0.25, 0.3) is 0 Å². The second-order valence-electron chi connectivity index (χ2n) is 0.818. The van der Waals surface area contributed by atoms with Crippen molar-refractivity contribution in [3.05, 3.63) is 12.7 Å². The molecule has 1 amide bonds. The van der Waals surface area contributed by atoms with Gasteiger partial charge in [0.15, 0.2) is 0 Å². The average Bonchev–Trinajstić information content (AvgIpc) is 1.65. The van der Waals surface area contributed by atoms with Gasteiger partial charge in [-0.2, -0.15) is 0 Å². The van der Waals surface area contributed by atoms with Gasteiger partial charge in [0.1, 0.15) is 0 Å². The van der Waals surface area contributed by atoms with Crippen LogP contribution in [0, 0.1) is 0 Å². The molecule has 0 spiro atoms. The minimum atomic E-state index is -0.144. The third-order valence-electron chi connectivity index (χ3n) is 0.432. The number of hydrogen-bond acceptors (Lipinski definition) is 1. The first kappa shape index (κ1) is 10.2. The van der Waals surface area contributed by atoms with Crippen molar-refractivity contribution in [3.8, 4) is 0 Å². The summed E-state index contributed by atoms with van der Waals surface area (Å²) in [5, 5.41) is 2.36. The molecule has 0 aliphatic rings. The summed E-state index contributed by atoms with van der Waals surface area (Å²) in [7, 11) is 1.56. The summed E-state index contributed by atoms with van der Waals surface area (Å²) in [6.45, 7) is 3.22. The molecule has 0 bridgehead atoms. The van der Waals surface area contributed by atoms with E-state index in [0.717, 1.165) is 0 Å². The standard InChI is InChI=1S/C4H7NO.Na.H/c1-3-4(6)5-2;;/h3H,1H2,2H3,(H,5,6);;/q;+1;-1. The van der Waals surface area contributed by atoms with Gasteiger partial charge in [0, 0.05) is 7.05 Å².